The van der Waals surface area contributed by atoms with Crippen molar-refractivity contribution in [2.45, 2.75) is 0 Å². The first-order chi connectivity index (χ1) is 11.2. The number of aromatic nitrogens is 1. The summed E-state index contributed by atoms with van der Waals surface area (Å²) in [6.45, 7) is 0. The Morgan fingerprint density at radius 2 is 1.78 bits per heavy atom. The number of benzene rings is 2. The summed E-state index contributed by atoms with van der Waals surface area (Å²) in [6.07, 6.45) is 3.85. The van der Waals surface area contributed by atoms with Gasteiger partial charge in [-0.05, 0) is 30.4 Å². The number of rotatable bonds is 4. The Morgan fingerprint density at radius 1 is 0.957 bits per heavy atom. The van der Waals surface area contributed by atoms with Gasteiger partial charge in [-0.25, -0.2) is 4.98 Å². The highest BCUT2D eigenvalue weighted by atomic mass is 35.5. The van der Waals surface area contributed by atoms with E-state index in [0.717, 1.165) is 22.2 Å². The minimum absolute atomic E-state index is 0.591. The van der Waals surface area contributed by atoms with Gasteiger partial charge in [-0.1, -0.05) is 35.9 Å². The summed E-state index contributed by atoms with van der Waals surface area (Å²) in [5.41, 5.74) is 2.67. The van der Waals surface area contributed by atoms with Gasteiger partial charge in [0, 0.05) is 22.0 Å². The quantitative estimate of drug-likeness (QED) is 0.670. The van der Waals surface area contributed by atoms with Crippen LogP contribution in [0, 0.1) is 0 Å². The molecule has 0 aliphatic heterocycles. The zero-order valence-corrected chi connectivity index (χ0v) is 13.7. The molecule has 0 amide bonds. The first kappa shape index (κ1) is 15.4. The van der Waals surface area contributed by atoms with Gasteiger partial charge in [0.2, 0.25) is 0 Å². The molecule has 0 radical (unpaired) electrons. The monoisotopic (exact) mass is 325 g/mol. The highest BCUT2D eigenvalue weighted by Gasteiger charge is 2.09. The summed E-state index contributed by atoms with van der Waals surface area (Å²) in [7, 11) is 3.20. The molecule has 2 aromatic carbocycles. The van der Waals surface area contributed by atoms with E-state index in [0.29, 0.717) is 16.5 Å². The Balaban J connectivity index is 1.99. The Bertz CT molecular complexity index is 874. The molecule has 0 N–H and O–H groups in total. The van der Waals surface area contributed by atoms with Crippen LogP contribution in [0.5, 0.6) is 11.5 Å². The van der Waals surface area contributed by atoms with E-state index < -0.39 is 0 Å². The molecule has 1 heterocycles. The molecule has 3 rings (SSSR count). The summed E-state index contributed by atoms with van der Waals surface area (Å²) >= 11 is 6.13. The van der Waals surface area contributed by atoms with E-state index in [-0.39, 0.29) is 0 Å². The molecule has 0 bridgehead atoms. The molecule has 0 saturated heterocycles. The van der Waals surface area contributed by atoms with Crippen molar-refractivity contribution in [2.75, 3.05) is 14.2 Å². The van der Waals surface area contributed by atoms with Crippen LogP contribution < -0.4 is 9.47 Å². The number of pyridine rings is 1. The summed E-state index contributed by atoms with van der Waals surface area (Å²) in [6, 6.07) is 15.6. The Morgan fingerprint density at radius 3 is 2.57 bits per heavy atom. The van der Waals surface area contributed by atoms with Crippen LogP contribution >= 0.6 is 11.6 Å². The highest BCUT2D eigenvalue weighted by Crippen LogP contribution is 2.35. The molecule has 3 nitrogen and oxygen atoms in total. The van der Waals surface area contributed by atoms with Crippen LogP contribution in [0.25, 0.3) is 23.1 Å². The van der Waals surface area contributed by atoms with Crippen LogP contribution in [-0.2, 0) is 0 Å². The van der Waals surface area contributed by atoms with Gasteiger partial charge in [0.05, 0.1) is 25.4 Å². The van der Waals surface area contributed by atoms with Crippen LogP contribution in [0.2, 0.25) is 5.02 Å². The van der Waals surface area contributed by atoms with Crippen LogP contribution in [0.4, 0.5) is 0 Å². The van der Waals surface area contributed by atoms with Gasteiger partial charge < -0.3 is 9.47 Å². The van der Waals surface area contributed by atoms with Crippen molar-refractivity contribution >= 4 is 34.7 Å². The van der Waals surface area contributed by atoms with Crippen molar-refractivity contribution in [3.8, 4) is 11.5 Å². The highest BCUT2D eigenvalue weighted by molar-refractivity contribution is 6.31. The number of para-hydroxylation sites is 1. The number of hydrogen-bond acceptors (Lipinski definition) is 3. The molecule has 0 aliphatic carbocycles. The molecular weight excluding hydrogens is 310 g/mol. The zero-order chi connectivity index (χ0) is 16.2. The van der Waals surface area contributed by atoms with E-state index in [2.05, 4.69) is 11.1 Å². The third-order valence-corrected chi connectivity index (χ3v) is 3.74. The molecule has 1 aromatic heterocycles. The molecule has 0 aliphatic rings. The van der Waals surface area contributed by atoms with Gasteiger partial charge >= 0.3 is 0 Å². The van der Waals surface area contributed by atoms with E-state index in [1.165, 1.54) is 0 Å². The number of fused-ring (bicyclic) bond motifs is 1. The first-order valence-electron chi connectivity index (χ1n) is 7.16. The second-order valence-electron chi connectivity index (χ2n) is 4.99. The molecule has 0 saturated carbocycles. The summed E-state index contributed by atoms with van der Waals surface area (Å²) < 4.78 is 10.7. The third-order valence-electron chi connectivity index (χ3n) is 3.53. The van der Waals surface area contributed by atoms with E-state index in [4.69, 9.17) is 21.1 Å². The summed E-state index contributed by atoms with van der Waals surface area (Å²) in [5, 5.41) is 1.71. The number of halogens is 1. The van der Waals surface area contributed by atoms with E-state index >= 15 is 0 Å². The Labute approximate surface area is 140 Å². The number of ether oxygens (including phenoxy) is 2. The number of nitrogens with zero attached hydrogens (tertiary/aromatic N) is 1. The lowest BCUT2D eigenvalue weighted by Gasteiger charge is -2.11. The fourth-order valence-corrected chi connectivity index (χ4v) is 2.65. The van der Waals surface area contributed by atoms with Crippen molar-refractivity contribution in [1.29, 1.82) is 0 Å². The van der Waals surface area contributed by atoms with Gasteiger partial charge in [-0.15, -0.1) is 0 Å². The summed E-state index contributed by atoms with van der Waals surface area (Å²) in [5.74, 6) is 1.25. The molecule has 23 heavy (non-hydrogen) atoms. The molecule has 0 atom stereocenters. The maximum atomic E-state index is 6.13. The molecule has 0 fully saturated rings. The van der Waals surface area contributed by atoms with Crippen molar-refractivity contribution < 1.29 is 9.47 Å². The van der Waals surface area contributed by atoms with Crippen molar-refractivity contribution in [2.24, 2.45) is 0 Å². The van der Waals surface area contributed by atoms with Gasteiger partial charge in [0.15, 0.2) is 11.5 Å². The Kier molecular flexibility index (Phi) is 4.49. The first-order valence-corrected chi connectivity index (χ1v) is 7.54. The maximum absolute atomic E-state index is 6.13. The fourth-order valence-electron chi connectivity index (χ4n) is 2.43. The largest absolute Gasteiger partial charge is 0.493 e. The third kappa shape index (κ3) is 3.30. The molecule has 0 spiro atoms. The lowest BCUT2D eigenvalue weighted by molar-refractivity contribution is 0.354. The predicted octanol–water partition coefficient (Wildman–Crippen LogP) is 5.08. The smallest absolute Gasteiger partial charge is 0.168 e. The van der Waals surface area contributed by atoms with Crippen molar-refractivity contribution in [1.82, 2.24) is 4.98 Å². The van der Waals surface area contributed by atoms with Crippen LogP contribution in [-0.4, -0.2) is 19.2 Å². The Hall–Kier alpha value is -2.52. The molecule has 0 unspecified atom stereocenters. The van der Waals surface area contributed by atoms with E-state index in [1.807, 2.05) is 48.6 Å². The van der Waals surface area contributed by atoms with Crippen LogP contribution in [0.3, 0.4) is 0 Å². The fraction of sp³-hybridized carbons (Fsp3) is 0.105. The van der Waals surface area contributed by atoms with Gasteiger partial charge in [0.1, 0.15) is 0 Å². The molecular formula is C19H16ClNO2. The minimum atomic E-state index is 0.591. The number of hydrogen-bond donors (Lipinski definition) is 0. The second-order valence-corrected chi connectivity index (χ2v) is 5.43. The van der Waals surface area contributed by atoms with Crippen LogP contribution in [0.15, 0.2) is 48.5 Å². The SMILES string of the molecule is COc1cc(Cl)cc(C=Cc2ccc3ccccc3n2)c1OC. The van der Waals surface area contributed by atoms with Gasteiger partial charge in [0.25, 0.3) is 0 Å². The predicted molar refractivity (Wildman–Crippen MR) is 95.2 cm³/mol. The molecule has 4 heteroatoms. The van der Waals surface area contributed by atoms with Gasteiger partial charge in [-0.3, -0.25) is 0 Å². The van der Waals surface area contributed by atoms with Crippen molar-refractivity contribution in [3.63, 3.8) is 0 Å². The second kappa shape index (κ2) is 6.71. The topological polar surface area (TPSA) is 31.4 Å². The summed E-state index contributed by atoms with van der Waals surface area (Å²) in [4.78, 5) is 4.62. The lowest BCUT2D eigenvalue weighted by Crippen LogP contribution is -1.93. The zero-order valence-electron chi connectivity index (χ0n) is 12.9. The molecule has 116 valence electrons. The van der Waals surface area contributed by atoms with E-state index in [9.17, 15) is 0 Å². The normalized spacial score (nSPS) is 11.1. The average Bonchev–Trinajstić information content (AvgIpc) is 2.59. The average molecular weight is 326 g/mol. The minimum Gasteiger partial charge on any atom is -0.493 e. The number of methoxy groups -OCH3 is 2. The maximum Gasteiger partial charge on any atom is 0.168 e. The van der Waals surface area contributed by atoms with Crippen molar-refractivity contribution in [3.05, 3.63) is 64.8 Å². The lowest BCUT2D eigenvalue weighted by atomic mass is 10.1. The van der Waals surface area contributed by atoms with Crippen LogP contribution in [0.1, 0.15) is 11.3 Å². The van der Waals surface area contributed by atoms with Gasteiger partial charge in [-0.2, -0.15) is 0 Å². The standard InChI is InChI=1S/C19H16ClNO2/c1-22-18-12-15(20)11-14(19(18)23-2)8-10-16-9-7-13-5-3-4-6-17(13)21-16/h3-12H,1-2H3. The molecule has 3 aromatic rings. The van der Waals surface area contributed by atoms with E-state index in [1.54, 1.807) is 20.3 Å².